The second-order valence-corrected chi connectivity index (χ2v) is 8.75. The van der Waals surface area contributed by atoms with E-state index in [0.29, 0.717) is 19.3 Å². The van der Waals surface area contributed by atoms with Crippen molar-refractivity contribution >= 4 is 17.7 Å². The van der Waals surface area contributed by atoms with E-state index >= 15 is 0 Å². The number of unbranched alkanes of at least 4 members (excludes halogenated alkanes) is 1. The van der Waals surface area contributed by atoms with Gasteiger partial charge in [-0.15, -0.1) is 0 Å². The standard InChI is InChI=1S/C19H39NO2.C9H13N3/c1-7-17(14-16-22-19(5,6)21-10-4)13-11-12-15-20-18(8-2)9-3;1-4-11-8-7(2)5-6-12-9(8)10-3/h14,18,20H,7-13,15-16H2,1-6H3;4-6H,1-3H3,(H,10,12)/b17-14+;. The van der Waals surface area contributed by atoms with Gasteiger partial charge in [0.15, 0.2) is 11.6 Å². The van der Waals surface area contributed by atoms with Gasteiger partial charge in [0.25, 0.3) is 0 Å². The van der Waals surface area contributed by atoms with Gasteiger partial charge in [-0.2, -0.15) is 0 Å². The van der Waals surface area contributed by atoms with E-state index < -0.39 is 5.79 Å². The van der Waals surface area contributed by atoms with Gasteiger partial charge in [0.1, 0.15) is 5.69 Å². The molecule has 1 aromatic heterocycles. The molecule has 0 aromatic carbocycles. The van der Waals surface area contributed by atoms with Crippen LogP contribution < -0.4 is 10.6 Å². The maximum atomic E-state index is 5.78. The molecule has 6 heteroatoms. The van der Waals surface area contributed by atoms with Gasteiger partial charge in [0.2, 0.25) is 0 Å². The summed E-state index contributed by atoms with van der Waals surface area (Å²) in [6.45, 7) is 19.0. The van der Waals surface area contributed by atoms with E-state index in [0.717, 1.165) is 30.0 Å². The Morgan fingerprint density at radius 2 is 1.85 bits per heavy atom. The molecular formula is C28H52N4O2. The number of pyridine rings is 1. The Bertz CT molecular complexity index is 698. The Morgan fingerprint density at radius 3 is 2.41 bits per heavy atom. The molecule has 34 heavy (non-hydrogen) atoms. The van der Waals surface area contributed by atoms with Crippen LogP contribution in [0.25, 0.3) is 0 Å². The van der Waals surface area contributed by atoms with Gasteiger partial charge in [-0.05, 0) is 91.3 Å². The molecule has 0 aliphatic heterocycles. The Labute approximate surface area is 210 Å². The number of hydrogen-bond donors (Lipinski definition) is 2. The third-order valence-electron chi connectivity index (χ3n) is 5.71. The molecular weight excluding hydrogens is 424 g/mol. The summed E-state index contributed by atoms with van der Waals surface area (Å²) in [5.74, 6) is 0.344. The van der Waals surface area contributed by atoms with Crippen molar-refractivity contribution < 1.29 is 9.47 Å². The highest BCUT2D eigenvalue weighted by atomic mass is 16.7. The molecule has 1 aromatic rings. The van der Waals surface area contributed by atoms with Gasteiger partial charge in [-0.1, -0.05) is 32.4 Å². The summed E-state index contributed by atoms with van der Waals surface area (Å²) in [5.41, 5.74) is 3.55. The number of aliphatic imine (C=N–C) groups is 1. The third-order valence-corrected chi connectivity index (χ3v) is 5.71. The monoisotopic (exact) mass is 476 g/mol. The maximum Gasteiger partial charge on any atom is 0.163 e. The molecule has 0 aliphatic carbocycles. The number of nitrogens with zero attached hydrogens (tertiary/aromatic N) is 2. The highest BCUT2D eigenvalue weighted by molar-refractivity contribution is 5.71. The fraction of sp³-hybridized carbons (Fsp3) is 0.714. The zero-order chi connectivity index (χ0) is 25.8. The van der Waals surface area contributed by atoms with Crippen LogP contribution in [-0.2, 0) is 9.47 Å². The van der Waals surface area contributed by atoms with Crippen molar-refractivity contribution in [3.05, 3.63) is 29.5 Å². The summed E-state index contributed by atoms with van der Waals surface area (Å²) < 4.78 is 11.3. The van der Waals surface area contributed by atoms with Crippen molar-refractivity contribution in [3.63, 3.8) is 0 Å². The van der Waals surface area contributed by atoms with E-state index in [1.54, 1.807) is 12.4 Å². The second kappa shape index (κ2) is 19.5. The molecule has 0 unspecified atom stereocenters. The van der Waals surface area contributed by atoms with Gasteiger partial charge < -0.3 is 20.1 Å². The summed E-state index contributed by atoms with van der Waals surface area (Å²) in [6.07, 6.45) is 13.0. The van der Waals surface area contributed by atoms with E-state index in [-0.39, 0.29) is 0 Å². The first-order chi connectivity index (χ1) is 16.3. The Morgan fingerprint density at radius 1 is 1.15 bits per heavy atom. The molecule has 0 amide bonds. The van der Waals surface area contributed by atoms with Crippen molar-refractivity contribution in [2.75, 3.05) is 32.1 Å². The SMILES string of the molecule is CC=Nc1c(C)ccnc1NC.CCOC(C)(C)OC/C=C(\CC)CCCCNC(CC)CC. The van der Waals surface area contributed by atoms with Gasteiger partial charge in [0.05, 0.1) is 6.61 Å². The van der Waals surface area contributed by atoms with Crippen LogP contribution in [0.1, 0.15) is 92.6 Å². The van der Waals surface area contributed by atoms with Crippen molar-refractivity contribution in [2.24, 2.45) is 4.99 Å². The average Bonchev–Trinajstić information content (AvgIpc) is 2.82. The Balaban J connectivity index is 0.000000757. The van der Waals surface area contributed by atoms with Gasteiger partial charge >= 0.3 is 0 Å². The summed E-state index contributed by atoms with van der Waals surface area (Å²) in [4.78, 5) is 8.38. The maximum absolute atomic E-state index is 5.78. The molecule has 0 aliphatic rings. The summed E-state index contributed by atoms with van der Waals surface area (Å²) in [5, 5.41) is 6.62. The first-order valence-corrected chi connectivity index (χ1v) is 13.1. The third kappa shape index (κ3) is 14.5. The number of hydrogen-bond acceptors (Lipinski definition) is 6. The van der Waals surface area contributed by atoms with E-state index in [4.69, 9.17) is 9.47 Å². The number of nitrogens with one attached hydrogen (secondary N) is 2. The van der Waals surface area contributed by atoms with Crippen molar-refractivity contribution in [3.8, 4) is 0 Å². The van der Waals surface area contributed by atoms with Crippen LogP contribution in [0.3, 0.4) is 0 Å². The van der Waals surface area contributed by atoms with Crippen LogP contribution in [-0.4, -0.2) is 49.8 Å². The number of aryl methyl sites for hydroxylation is 1. The molecule has 1 heterocycles. The number of anilines is 1. The largest absolute Gasteiger partial charge is 0.371 e. The molecule has 0 saturated heterocycles. The lowest BCUT2D eigenvalue weighted by Gasteiger charge is -2.24. The average molecular weight is 477 g/mol. The van der Waals surface area contributed by atoms with Crippen LogP contribution >= 0.6 is 0 Å². The van der Waals surface area contributed by atoms with Crippen molar-refractivity contribution in [1.82, 2.24) is 10.3 Å². The van der Waals surface area contributed by atoms with Gasteiger partial charge in [0, 0.05) is 32.1 Å². The minimum absolute atomic E-state index is 0.483. The van der Waals surface area contributed by atoms with E-state index in [1.165, 1.54) is 37.7 Å². The van der Waals surface area contributed by atoms with Crippen LogP contribution in [0, 0.1) is 6.92 Å². The number of rotatable bonds is 16. The van der Waals surface area contributed by atoms with Crippen molar-refractivity contribution in [2.45, 2.75) is 106 Å². The fourth-order valence-electron chi connectivity index (χ4n) is 3.56. The fourth-order valence-corrected chi connectivity index (χ4v) is 3.56. The molecule has 0 bridgehead atoms. The second-order valence-electron chi connectivity index (χ2n) is 8.75. The predicted molar refractivity (Wildman–Crippen MR) is 149 cm³/mol. The van der Waals surface area contributed by atoms with Crippen LogP contribution in [0.4, 0.5) is 11.5 Å². The Kier molecular flexibility index (Phi) is 18.5. The van der Waals surface area contributed by atoms with Crippen LogP contribution in [0.5, 0.6) is 0 Å². The normalized spacial score (nSPS) is 12.2. The zero-order valence-electron chi connectivity index (χ0n) is 23.5. The summed E-state index contributed by atoms with van der Waals surface area (Å²) in [6, 6.07) is 2.64. The number of aromatic nitrogens is 1. The molecule has 0 radical (unpaired) electrons. The number of ether oxygens (including phenoxy) is 2. The molecule has 1 rings (SSSR count). The Hall–Kier alpha value is -1.76. The summed E-state index contributed by atoms with van der Waals surface area (Å²) >= 11 is 0. The molecule has 0 saturated carbocycles. The van der Waals surface area contributed by atoms with E-state index in [9.17, 15) is 0 Å². The minimum Gasteiger partial charge on any atom is -0.371 e. The van der Waals surface area contributed by atoms with Gasteiger partial charge in [-0.25, -0.2) is 4.98 Å². The zero-order valence-corrected chi connectivity index (χ0v) is 23.5. The first-order valence-electron chi connectivity index (χ1n) is 13.1. The lowest BCUT2D eigenvalue weighted by atomic mass is 10.1. The highest BCUT2D eigenvalue weighted by Gasteiger charge is 2.16. The lowest BCUT2D eigenvalue weighted by Crippen LogP contribution is -2.28. The molecule has 6 nitrogen and oxygen atoms in total. The van der Waals surface area contributed by atoms with E-state index in [1.807, 2.05) is 47.7 Å². The summed E-state index contributed by atoms with van der Waals surface area (Å²) in [7, 11) is 1.84. The highest BCUT2D eigenvalue weighted by Crippen LogP contribution is 2.25. The molecule has 0 spiro atoms. The number of allylic oxidation sites excluding steroid dienone is 1. The van der Waals surface area contributed by atoms with Crippen molar-refractivity contribution in [1.29, 1.82) is 0 Å². The molecule has 196 valence electrons. The molecule has 0 fully saturated rings. The minimum atomic E-state index is -0.483. The lowest BCUT2D eigenvalue weighted by molar-refractivity contribution is -0.204. The van der Waals surface area contributed by atoms with Crippen LogP contribution in [0.2, 0.25) is 0 Å². The molecule has 2 N–H and O–H groups in total. The smallest absolute Gasteiger partial charge is 0.163 e. The quantitative estimate of drug-likeness (QED) is 0.114. The molecule has 0 atom stereocenters. The topological polar surface area (TPSA) is 67.8 Å². The van der Waals surface area contributed by atoms with E-state index in [2.05, 4.69) is 47.5 Å². The van der Waals surface area contributed by atoms with Crippen LogP contribution in [0.15, 0.2) is 28.9 Å². The van der Waals surface area contributed by atoms with Gasteiger partial charge in [-0.3, -0.25) is 4.99 Å². The first kappa shape index (κ1) is 32.2. The predicted octanol–water partition coefficient (Wildman–Crippen LogP) is 7.21.